The van der Waals surface area contributed by atoms with E-state index in [0.29, 0.717) is 26.3 Å². The molecule has 0 saturated carbocycles. The highest BCUT2D eigenvalue weighted by molar-refractivity contribution is 7.08. The number of thiophene rings is 1. The molecule has 2 aromatic heterocycles. The number of aromatic nitrogens is 1. The van der Waals surface area contributed by atoms with Crippen molar-refractivity contribution in [2.45, 2.75) is 38.1 Å². The van der Waals surface area contributed by atoms with Crippen LogP contribution in [0, 0.1) is 6.92 Å². The Morgan fingerprint density at radius 1 is 1.44 bits per heavy atom. The number of amides is 1. The van der Waals surface area contributed by atoms with Crippen molar-refractivity contribution in [1.82, 2.24) is 9.88 Å². The highest BCUT2D eigenvalue weighted by Crippen LogP contribution is 2.36. The number of pyridine rings is 1. The highest BCUT2D eigenvalue weighted by atomic mass is 32.1. The van der Waals surface area contributed by atoms with E-state index in [1.54, 1.807) is 11.3 Å². The van der Waals surface area contributed by atoms with E-state index in [0.717, 1.165) is 29.8 Å². The molecule has 2 aliphatic rings. The van der Waals surface area contributed by atoms with Gasteiger partial charge in [0.1, 0.15) is 5.60 Å². The zero-order valence-electron chi connectivity index (χ0n) is 14.3. The minimum absolute atomic E-state index is 0.0995. The molecule has 0 radical (unpaired) electrons. The average Bonchev–Trinajstić information content (AvgIpc) is 3.12. The van der Waals surface area contributed by atoms with E-state index in [-0.39, 0.29) is 17.6 Å². The van der Waals surface area contributed by atoms with Crippen molar-refractivity contribution < 1.29 is 14.3 Å². The Kier molecular flexibility index (Phi) is 4.58. The van der Waals surface area contributed by atoms with Gasteiger partial charge < -0.3 is 14.4 Å². The summed E-state index contributed by atoms with van der Waals surface area (Å²) < 4.78 is 12.1. The predicted molar refractivity (Wildman–Crippen MR) is 95.7 cm³/mol. The fourth-order valence-electron chi connectivity index (χ4n) is 3.59. The third-order valence-electron chi connectivity index (χ3n) is 4.87. The SMILES string of the molecule is Cc1cccc(COC2CCOC3(C2)CN(C(=O)c2ccsc2)C3)n1. The van der Waals surface area contributed by atoms with Crippen molar-refractivity contribution in [1.29, 1.82) is 0 Å². The van der Waals surface area contributed by atoms with Gasteiger partial charge in [-0.25, -0.2) is 0 Å². The average molecular weight is 358 g/mol. The van der Waals surface area contributed by atoms with Crippen molar-refractivity contribution in [2.75, 3.05) is 19.7 Å². The van der Waals surface area contributed by atoms with Gasteiger partial charge in [0.05, 0.1) is 37.1 Å². The van der Waals surface area contributed by atoms with Crippen molar-refractivity contribution in [3.63, 3.8) is 0 Å². The van der Waals surface area contributed by atoms with E-state index in [9.17, 15) is 4.79 Å². The molecule has 0 N–H and O–H groups in total. The summed E-state index contributed by atoms with van der Waals surface area (Å²) in [5, 5.41) is 3.83. The third-order valence-corrected chi connectivity index (χ3v) is 5.56. The summed E-state index contributed by atoms with van der Waals surface area (Å²) in [6, 6.07) is 7.86. The molecular formula is C19H22N2O3S. The van der Waals surface area contributed by atoms with Crippen LogP contribution in [0.1, 0.15) is 34.6 Å². The first-order valence-corrected chi connectivity index (χ1v) is 9.57. The number of carbonyl (C=O) groups excluding carboxylic acids is 1. The minimum atomic E-state index is -0.228. The number of ether oxygens (including phenoxy) is 2. The Balaban J connectivity index is 1.31. The van der Waals surface area contributed by atoms with Gasteiger partial charge in [-0.2, -0.15) is 11.3 Å². The molecule has 5 nitrogen and oxygen atoms in total. The van der Waals surface area contributed by atoms with Crippen LogP contribution >= 0.6 is 11.3 Å². The van der Waals surface area contributed by atoms with Crippen LogP contribution in [0.2, 0.25) is 0 Å². The van der Waals surface area contributed by atoms with Crippen molar-refractivity contribution in [3.8, 4) is 0 Å². The van der Waals surface area contributed by atoms with E-state index in [2.05, 4.69) is 4.98 Å². The summed E-state index contributed by atoms with van der Waals surface area (Å²) in [6.07, 6.45) is 1.90. The molecule has 132 valence electrons. The smallest absolute Gasteiger partial charge is 0.254 e. The van der Waals surface area contributed by atoms with Crippen LogP contribution in [0.15, 0.2) is 35.0 Å². The number of aryl methyl sites for hydroxylation is 1. The molecule has 2 aromatic rings. The second-order valence-electron chi connectivity index (χ2n) is 6.90. The fourth-order valence-corrected chi connectivity index (χ4v) is 4.22. The molecular weight excluding hydrogens is 336 g/mol. The lowest BCUT2D eigenvalue weighted by molar-refractivity contribution is -0.188. The maximum atomic E-state index is 12.4. The van der Waals surface area contributed by atoms with Gasteiger partial charge in [-0.05, 0) is 36.9 Å². The van der Waals surface area contributed by atoms with Gasteiger partial charge in [0, 0.05) is 24.1 Å². The first-order valence-electron chi connectivity index (χ1n) is 8.63. The Morgan fingerprint density at radius 3 is 3.08 bits per heavy atom. The summed E-state index contributed by atoms with van der Waals surface area (Å²) in [4.78, 5) is 18.7. The molecule has 0 aromatic carbocycles. The van der Waals surface area contributed by atoms with Crippen molar-refractivity contribution in [3.05, 3.63) is 52.0 Å². The molecule has 2 aliphatic heterocycles. The molecule has 0 bridgehead atoms. The number of carbonyl (C=O) groups is 1. The van der Waals surface area contributed by atoms with Crippen LogP contribution in [0.4, 0.5) is 0 Å². The lowest BCUT2D eigenvalue weighted by atomic mass is 9.84. The zero-order chi connectivity index (χ0) is 17.3. The van der Waals surface area contributed by atoms with Gasteiger partial charge in [0.15, 0.2) is 0 Å². The molecule has 1 spiro atoms. The quantitative estimate of drug-likeness (QED) is 0.843. The van der Waals surface area contributed by atoms with E-state index in [1.807, 2.05) is 46.8 Å². The first kappa shape index (κ1) is 16.7. The summed E-state index contributed by atoms with van der Waals surface area (Å²) in [7, 11) is 0. The molecule has 4 rings (SSSR count). The normalized spacial score (nSPS) is 22.0. The standard InChI is InChI=1S/C19H22N2O3S/c1-14-3-2-4-16(20-14)10-23-17-5-7-24-19(9-17)12-21(13-19)18(22)15-6-8-25-11-15/h2-4,6,8,11,17H,5,7,9-10,12-13H2,1H3. The first-order chi connectivity index (χ1) is 12.1. The molecule has 2 fully saturated rings. The van der Waals surface area contributed by atoms with E-state index in [1.165, 1.54) is 0 Å². The summed E-state index contributed by atoms with van der Waals surface area (Å²) in [5.74, 6) is 0.0995. The monoisotopic (exact) mass is 358 g/mol. The van der Waals surface area contributed by atoms with Crippen LogP contribution in [-0.2, 0) is 16.1 Å². The molecule has 25 heavy (non-hydrogen) atoms. The van der Waals surface area contributed by atoms with Crippen LogP contribution in [-0.4, -0.2) is 47.2 Å². The number of nitrogens with zero attached hydrogens (tertiary/aromatic N) is 2. The highest BCUT2D eigenvalue weighted by Gasteiger charge is 2.49. The molecule has 6 heteroatoms. The number of hydrogen-bond donors (Lipinski definition) is 0. The number of likely N-dealkylation sites (tertiary alicyclic amines) is 1. The zero-order valence-corrected chi connectivity index (χ0v) is 15.1. The number of hydrogen-bond acceptors (Lipinski definition) is 5. The van der Waals surface area contributed by atoms with Crippen molar-refractivity contribution in [2.24, 2.45) is 0 Å². The maximum Gasteiger partial charge on any atom is 0.254 e. The molecule has 1 amide bonds. The van der Waals surface area contributed by atoms with Gasteiger partial charge >= 0.3 is 0 Å². The second-order valence-corrected chi connectivity index (χ2v) is 7.68. The summed E-state index contributed by atoms with van der Waals surface area (Å²) >= 11 is 1.55. The van der Waals surface area contributed by atoms with E-state index >= 15 is 0 Å². The lowest BCUT2D eigenvalue weighted by Crippen LogP contribution is -2.67. The van der Waals surface area contributed by atoms with E-state index in [4.69, 9.17) is 9.47 Å². The molecule has 2 saturated heterocycles. The van der Waals surface area contributed by atoms with Gasteiger partial charge in [-0.15, -0.1) is 0 Å². The molecule has 4 heterocycles. The van der Waals surface area contributed by atoms with Crippen LogP contribution in [0.5, 0.6) is 0 Å². The van der Waals surface area contributed by atoms with Gasteiger partial charge in [0.25, 0.3) is 5.91 Å². The number of rotatable bonds is 4. The molecule has 1 atom stereocenters. The Bertz CT molecular complexity index is 741. The molecule has 1 unspecified atom stereocenters. The van der Waals surface area contributed by atoms with Gasteiger partial charge in [-0.1, -0.05) is 6.07 Å². The third kappa shape index (κ3) is 3.61. The minimum Gasteiger partial charge on any atom is -0.372 e. The fraction of sp³-hybridized carbons (Fsp3) is 0.474. The van der Waals surface area contributed by atoms with Gasteiger partial charge in [-0.3, -0.25) is 9.78 Å². The molecule has 0 aliphatic carbocycles. The van der Waals surface area contributed by atoms with Crippen LogP contribution in [0.3, 0.4) is 0 Å². The van der Waals surface area contributed by atoms with Crippen molar-refractivity contribution >= 4 is 17.2 Å². The predicted octanol–water partition coefficient (Wildman–Crippen LogP) is 3.04. The van der Waals surface area contributed by atoms with Crippen LogP contribution < -0.4 is 0 Å². The topological polar surface area (TPSA) is 51.7 Å². The maximum absolute atomic E-state index is 12.4. The van der Waals surface area contributed by atoms with Crippen LogP contribution in [0.25, 0.3) is 0 Å². The Morgan fingerprint density at radius 2 is 2.32 bits per heavy atom. The Hall–Kier alpha value is -1.76. The second kappa shape index (κ2) is 6.86. The van der Waals surface area contributed by atoms with E-state index < -0.39 is 0 Å². The summed E-state index contributed by atoms with van der Waals surface area (Å²) in [6.45, 7) is 4.52. The Labute approximate surface area is 151 Å². The summed E-state index contributed by atoms with van der Waals surface area (Å²) in [5.41, 5.74) is 2.51. The largest absolute Gasteiger partial charge is 0.372 e. The van der Waals surface area contributed by atoms with Gasteiger partial charge in [0.2, 0.25) is 0 Å². The lowest BCUT2D eigenvalue weighted by Gasteiger charge is -2.52.